The lowest BCUT2D eigenvalue weighted by molar-refractivity contribution is 0.242. The Bertz CT molecular complexity index is 392. The molecule has 0 radical (unpaired) electrons. The lowest BCUT2D eigenvalue weighted by Gasteiger charge is -2.44. The molecule has 2 aliphatic rings. The fourth-order valence-corrected chi connectivity index (χ4v) is 3.90. The average Bonchev–Trinajstić information content (AvgIpc) is 2.38. The molecule has 1 saturated carbocycles. The van der Waals surface area contributed by atoms with Crippen molar-refractivity contribution in [2.24, 2.45) is 5.92 Å². The summed E-state index contributed by atoms with van der Waals surface area (Å²) in [6.07, 6.45) is 10.4. The van der Waals surface area contributed by atoms with Crippen molar-refractivity contribution in [1.82, 2.24) is 4.98 Å². The maximum absolute atomic E-state index is 4.58. The van der Waals surface area contributed by atoms with E-state index in [0.29, 0.717) is 0 Å². The van der Waals surface area contributed by atoms with Gasteiger partial charge in [-0.25, -0.2) is 4.98 Å². The Balaban J connectivity index is 1.85. The minimum Gasteiger partial charge on any atom is -0.353 e. The van der Waals surface area contributed by atoms with Gasteiger partial charge in [0.05, 0.1) is 0 Å². The highest BCUT2D eigenvalue weighted by Gasteiger charge is 2.33. The molecule has 0 amide bonds. The van der Waals surface area contributed by atoms with Crippen LogP contribution < -0.4 is 4.90 Å². The number of nitrogens with zero attached hydrogens (tertiary/aromatic N) is 2. The summed E-state index contributed by atoms with van der Waals surface area (Å²) in [5.74, 6) is 2.13. The Morgan fingerprint density at radius 2 is 2.00 bits per heavy atom. The number of anilines is 1. The molecule has 17 heavy (non-hydrogen) atoms. The number of fused-ring (bicyclic) bond motifs is 1. The second kappa shape index (κ2) is 5.12. The molecule has 2 unspecified atom stereocenters. The average molecular weight is 342 g/mol. The van der Waals surface area contributed by atoms with Gasteiger partial charge >= 0.3 is 0 Å². The van der Waals surface area contributed by atoms with Crippen LogP contribution in [0.5, 0.6) is 0 Å². The Kier molecular flexibility index (Phi) is 3.54. The van der Waals surface area contributed by atoms with E-state index in [1.807, 2.05) is 6.20 Å². The van der Waals surface area contributed by atoms with Gasteiger partial charge in [-0.3, -0.25) is 0 Å². The van der Waals surface area contributed by atoms with Gasteiger partial charge in [0.1, 0.15) is 5.82 Å². The summed E-state index contributed by atoms with van der Waals surface area (Å²) in [4.78, 5) is 7.15. The lowest BCUT2D eigenvalue weighted by atomic mass is 9.78. The summed E-state index contributed by atoms with van der Waals surface area (Å²) in [5, 5.41) is 0. The fraction of sp³-hybridized carbons (Fsp3) is 0.643. The van der Waals surface area contributed by atoms with Crippen molar-refractivity contribution in [3.05, 3.63) is 21.9 Å². The van der Waals surface area contributed by atoms with E-state index in [-0.39, 0.29) is 0 Å². The maximum Gasteiger partial charge on any atom is 0.129 e. The monoisotopic (exact) mass is 342 g/mol. The van der Waals surface area contributed by atoms with Crippen LogP contribution in [0, 0.1) is 9.49 Å². The molecule has 0 bridgehead atoms. The summed E-state index contributed by atoms with van der Waals surface area (Å²) in [7, 11) is 0. The normalized spacial score (nSPS) is 28.9. The Morgan fingerprint density at radius 3 is 2.88 bits per heavy atom. The first-order chi connectivity index (χ1) is 8.34. The highest BCUT2D eigenvalue weighted by molar-refractivity contribution is 14.1. The lowest BCUT2D eigenvalue weighted by Crippen LogP contribution is -2.47. The summed E-state index contributed by atoms with van der Waals surface area (Å²) in [5.41, 5.74) is 0. The van der Waals surface area contributed by atoms with Crippen LogP contribution in [-0.4, -0.2) is 17.6 Å². The molecular formula is C14H19IN2. The molecule has 0 N–H and O–H groups in total. The van der Waals surface area contributed by atoms with Crippen molar-refractivity contribution in [3.8, 4) is 0 Å². The highest BCUT2D eigenvalue weighted by atomic mass is 127. The molecule has 2 nitrogen and oxygen atoms in total. The Labute approximate surface area is 117 Å². The molecule has 3 rings (SSSR count). The molecule has 1 aliphatic carbocycles. The standard InChI is InChI=1S/C14H19IN2/c15-12-7-8-16-14(10-12)17-9-3-5-11-4-1-2-6-13(11)17/h7-8,10-11,13H,1-6,9H2. The molecule has 0 aromatic carbocycles. The van der Waals surface area contributed by atoms with Crippen molar-refractivity contribution in [2.75, 3.05) is 11.4 Å². The Hall–Kier alpha value is -0.320. The number of rotatable bonds is 1. The van der Waals surface area contributed by atoms with Gasteiger partial charge in [-0.15, -0.1) is 0 Å². The van der Waals surface area contributed by atoms with Gasteiger partial charge in [0.25, 0.3) is 0 Å². The van der Waals surface area contributed by atoms with Crippen LogP contribution in [0.15, 0.2) is 18.3 Å². The third-order valence-electron chi connectivity index (χ3n) is 4.25. The topological polar surface area (TPSA) is 16.1 Å². The summed E-state index contributed by atoms with van der Waals surface area (Å²) in [6, 6.07) is 5.08. The van der Waals surface area contributed by atoms with E-state index in [0.717, 1.165) is 12.0 Å². The zero-order valence-electron chi connectivity index (χ0n) is 10.1. The minimum atomic E-state index is 0.767. The second-order valence-corrected chi connectivity index (χ2v) is 6.53. The van der Waals surface area contributed by atoms with Gasteiger partial charge in [0.2, 0.25) is 0 Å². The molecule has 1 saturated heterocycles. The number of piperidine rings is 1. The number of hydrogen-bond acceptors (Lipinski definition) is 2. The van der Waals surface area contributed by atoms with Crippen molar-refractivity contribution in [1.29, 1.82) is 0 Å². The molecule has 1 aromatic heterocycles. The quantitative estimate of drug-likeness (QED) is 0.721. The van der Waals surface area contributed by atoms with E-state index in [1.54, 1.807) is 0 Å². The minimum absolute atomic E-state index is 0.767. The third-order valence-corrected chi connectivity index (χ3v) is 4.92. The van der Waals surface area contributed by atoms with E-state index in [2.05, 4.69) is 44.6 Å². The van der Waals surface area contributed by atoms with Crippen LogP contribution in [0.4, 0.5) is 5.82 Å². The van der Waals surface area contributed by atoms with Gasteiger partial charge in [0.15, 0.2) is 0 Å². The van der Waals surface area contributed by atoms with Crippen molar-refractivity contribution < 1.29 is 0 Å². The number of aromatic nitrogens is 1. The van der Waals surface area contributed by atoms with Crippen LogP contribution in [0.3, 0.4) is 0 Å². The molecule has 0 spiro atoms. The van der Waals surface area contributed by atoms with Crippen LogP contribution >= 0.6 is 22.6 Å². The van der Waals surface area contributed by atoms with E-state index >= 15 is 0 Å². The molecule has 92 valence electrons. The van der Waals surface area contributed by atoms with Crippen molar-refractivity contribution >= 4 is 28.4 Å². The molecule has 2 heterocycles. The Morgan fingerprint density at radius 1 is 1.18 bits per heavy atom. The molecular weight excluding hydrogens is 323 g/mol. The van der Waals surface area contributed by atoms with E-state index in [1.165, 1.54) is 54.5 Å². The zero-order chi connectivity index (χ0) is 11.7. The predicted octanol–water partition coefficient (Wildman–Crippen LogP) is 3.85. The number of pyridine rings is 1. The van der Waals surface area contributed by atoms with Crippen LogP contribution in [0.1, 0.15) is 38.5 Å². The molecule has 3 heteroatoms. The van der Waals surface area contributed by atoms with Gasteiger partial charge < -0.3 is 4.90 Å². The second-order valence-electron chi connectivity index (χ2n) is 5.28. The molecule has 2 atom stereocenters. The largest absolute Gasteiger partial charge is 0.353 e. The van der Waals surface area contributed by atoms with Crippen molar-refractivity contribution in [2.45, 2.75) is 44.6 Å². The first-order valence-corrected chi connectivity index (χ1v) is 7.81. The van der Waals surface area contributed by atoms with Crippen LogP contribution in [-0.2, 0) is 0 Å². The summed E-state index contributed by atoms with van der Waals surface area (Å²) < 4.78 is 1.30. The SMILES string of the molecule is Ic1ccnc(N2CCCC3CCCCC32)c1. The van der Waals surface area contributed by atoms with Gasteiger partial charge in [-0.1, -0.05) is 12.8 Å². The third kappa shape index (κ3) is 2.44. The first-order valence-electron chi connectivity index (χ1n) is 6.73. The smallest absolute Gasteiger partial charge is 0.129 e. The van der Waals surface area contributed by atoms with Crippen LogP contribution in [0.25, 0.3) is 0 Å². The molecule has 2 fully saturated rings. The summed E-state index contributed by atoms with van der Waals surface area (Å²) >= 11 is 2.38. The van der Waals surface area contributed by atoms with Gasteiger partial charge in [-0.2, -0.15) is 0 Å². The van der Waals surface area contributed by atoms with E-state index < -0.39 is 0 Å². The molecule has 1 aromatic rings. The number of hydrogen-bond donors (Lipinski definition) is 0. The highest BCUT2D eigenvalue weighted by Crippen LogP contribution is 2.37. The summed E-state index contributed by atoms with van der Waals surface area (Å²) in [6.45, 7) is 1.20. The van der Waals surface area contributed by atoms with Crippen LogP contribution in [0.2, 0.25) is 0 Å². The zero-order valence-corrected chi connectivity index (χ0v) is 12.3. The van der Waals surface area contributed by atoms with E-state index in [4.69, 9.17) is 0 Å². The maximum atomic E-state index is 4.58. The first kappa shape index (κ1) is 11.8. The fourth-order valence-electron chi connectivity index (χ4n) is 3.46. The van der Waals surface area contributed by atoms with E-state index in [9.17, 15) is 0 Å². The number of halogens is 1. The van der Waals surface area contributed by atoms with Gasteiger partial charge in [0, 0.05) is 22.4 Å². The predicted molar refractivity (Wildman–Crippen MR) is 79.3 cm³/mol. The molecule has 1 aliphatic heterocycles. The van der Waals surface area contributed by atoms with Gasteiger partial charge in [-0.05, 0) is 66.3 Å². The van der Waals surface area contributed by atoms with Crippen molar-refractivity contribution in [3.63, 3.8) is 0 Å².